The average molecular weight is 503 g/mol. The summed E-state index contributed by atoms with van der Waals surface area (Å²) >= 11 is 0. The van der Waals surface area contributed by atoms with Gasteiger partial charge in [0.05, 0.1) is 30.9 Å². The van der Waals surface area contributed by atoms with Gasteiger partial charge in [-0.25, -0.2) is 9.67 Å². The zero-order chi connectivity index (χ0) is 25.4. The molecule has 2 fully saturated rings. The lowest BCUT2D eigenvalue weighted by Crippen LogP contribution is -2.44. The Morgan fingerprint density at radius 3 is 2.57 bits per heavy atom. The summed E-state index contributed by atoms with van der Waals surface area (Å²) in [5, 5.41) is 30.1. The van der Waals surface area contributed by atoms with E-state index < -0.39 is 36.2 Å². The van der Waals surface area contributed by atoms with Gasteiger partial charge >= 0.3 is 6.01 Å². The quantitative estimate of drug-likeness (QED) is 0.346. The van der Waals surface area contributed by atoms with Gasteiger partial charge < -0.3 is 29.4 Å². The number of nitrogens with one attached hydrogen (secondary N) is 1. The van der Waals surface area contributed by atoms with Gasteiger partial charge in [0.25, 0.3) is 5.91 Å². The molecule has 0 unspecified atom stereocenters. The van der Waals surface area contributed by atoms with E-state index in [0.717, 1.165) is 5.69 Å². The second kappa shape index (κ2) is 9.40. The molecule has 188 valence electrons. The summed E-state index contributed by atoms with van der Waals surface area (Å²) in [5.74, 6) is -1.47. The average Bonchev–Trinajstić information content (AvgIpc) is 3.71. The van der Waals surface area contributed by atoms with Crippen LogP contribution in [-0.4, -0.2) is 78.3 Å². The van der Waals surface area contributed by atoms with Crippen LogP contribution in [0.4, 0.5) is 0 Å². The Labute approximate surface area is 208 Å². The van der Waals surface area contributed by atoms with Crippen LogP contribution in [0.2, 0.25) is 0 Å². The minimum atomic E-state index is -1.43. The van der Waals surface area contributed by atoms with Gasteiger partial charge in [-0.15, -0.1) is 0 Å². The SMILES string of the molecule is O=C([O-])c1ccccc1C(=O)N[C@H]1CO[C@H]2[C@@H]1OC[C@@H]2n1nnnc1Oc1ccc(-n2cncn2)cc1. The molecule has 0 radical (unpaired) electrons. The standard InChI is InChI=1S/C23H20N8O6/c32-21(15-3-1-2-4-16(15)22(33)34)26-17-9-35-20-18(10-36-19(17)20)31-23(27-28-29-31)37-14-7-5-13(6-8-14)30-12-24-11-25-30/h1-8,11-12,17-20H,9-10H2,(H,26,32)(H,33,34)/p-1/t17-,18-,19+,20+/m0/s1. The highest BCUT2D eigenvalue weighted by molar-refractivity contribution is 6.04. The van der Waals surface area contributed by atoms with Crippen molar-refractivity contribution in [2.75, 3.05) is 13.2 Å². The number of fused-ring (bicyclic) bond motifs is 1. The summed E-state index contributed by atoms with van der Waals surface area (Å²) in [6.07, 6.45) is 2.10. The number of tetrazole rings is 1. The number of aromatic nitrogens is 7. The summed E-state index contributed by atoms with van der Waals surface area (Å²) in [6, 6.07) is 12.3. The molecule has 14 heteroatoms. The number of nitrogens with zero attached hydrogens (tertiary/aromatic N) is 7. The van der Waals surface area contributed by atoms with Crippen LogP contribution in [-0.2, 0) is 9.47 Å². The molecule has 4 aromatic rings. The number of hydrogen-bond acceptors (Lipinski definition) is 11. The third kappa shape index (κ3) is 4.28. The fourth-order valence-electron chi connectivity index (χ4n) is 4.49. The van der Waals surface area contributed by atoms with Gasteiger partial charge in [-0.1, -0.05) is 23.3 Å². The third-order valence-corrected chi connectivity index (χ3v) is 6.24. The number of carboxylic acids is 1. The predicted molar refractivity (Wildman–Crippen MR) is 120 cm³/mol. The number of carboxylic acid groups (broad SMARTS) is 1. The number of amides is 1. The Balaban J connectivity index is 1.14. The van der Waals surface area contributed by atoms with Crippen LogP contribution in [0.3, 0.4) is 0 Å². The molecular formula is C23H19N8O6-. The number of hydrogen-bond donors (Lipinski definition) is 1. The maximum Gasteiger partial charge on any atom is 0.341 e. The minimum Gasteiger partial charge on any atom is -0.545 e. The first kappa shape index (κ1) is 22.8. The molecule has 1 N–H and O–H groups in total. The maximum atomic E-state index is 12.8. The Bertz CT molecular complexity index is 1420. The van der Waals surface area contributed by atoms with Gasteiger partial charge in [0.15, 0.2) is 0 Å². The second-order valence-corrected chi connectivity index (χ2v) is 8.42. The molecule has 14 nitrogen and oxygen atoms in total. The third-order valence-electron chi connectivity index (χ3n) is 6.24. The largest absolute Gasteiger partial charge is 0.545 e. The van der Waals surface area contributed by atoms with E-state index in [-0.39, 0.29) is 30.4 Å². The van der Waals surface area contributed by atoms with Crippen LogP contribution in [0, 0.1) is 0 Å². The Morgan fingerprint density at radius 2 is 1.81 bits per heavy atom. The molecule has 6 rings (SSSR count). The molecule has 4 heterocycles. The zero-order valence-corrected chi connectivity index (χ0v) is 19.1. The molecule has 2 aromatic carbocycles. The van der Waals surface area contributed by atoms with Crippen LogP contribution in [0.25, 0.3) is 5.69 Å². The molecular weight excluding hydrogens is 484 g/mol. The van der Waals surface area contributed by atoms with Crippen molar-refractivity contribution < 1.29 is 28.9 Å². The van der Waals surface area contributed by atoms with Gasteiger partial charge in [-0.3, -0.25) is 4.79 Å². The van der Waals surface area contributed by atoms with E-state index in [0.29, 0.717) is 5.75 Å². The number of carbonyl (C=O) groups is 2. The lowest BCUT2D eigenvalue weighted by atomic mass is 10.0. The normalized spacial score (nSPS) is 22.5. The van der Waals surface area contributed by atoms with Crippen LogP contribution < -0.4 is 15.2 Å². The molecule has 0 spiro atoms. The van der Waals surface area contributed by atoms with Crippen molar-refractivity contribution in [3.63, 3.8) is 0 Å². The van der Waals surface area contributed by atoms with Crippen molar-refractivity contribution in [1.82, 2.24) is 40.3 Å². The summed E-state index contributed by atoms with van der Waals surface area (Å²) in [4.78, 5) is 28.1. The number of rotatable bonds is 7. The monoisotopic (exact) mass is 503 g/mol. The van der Waals surface area contributed by atoms with Crippen molar-refractivity contribution >= 4 is 11.9 Å². The summed E-state index contributed by atoms with van der Waals surface area (Å²) in [7, 11) is 0. The topological polar surface area (TPSA) is 171 Å². The molecule has 2 aromatic heterocycles. The van der Waals surface area contributed by atoms with Crippen LogP contribution >= 0.6 is 0 Å². The summed E-state index contributed by atoms with van der Waals surface area (Å²) in [5.41, 5.74) is 0.628. The van der Waals surface area contributed by atoms with Crippen molar-refractivity contribution in [3.05, 3.63) is 72.3 Å². The van der Waals surface area contributed by atoms with Crippen molar-refractivity contribution in [3.8, 4) is 17.4 Å². The molecule has 0 bridgehead atoms. The van der Waals surface area contributed by atoms with Gasteiger partial charge in [0.2, 0.25) is 0 Å². The summed E-state index contributed by atoms with van der Waals surface area (Å²) in [6.45, 7) is 0.400. The van der Waals surface area contributed by atoms with E-state index in [1.165, 1.54) is 29.2 Å². The van der Waals surface area contributed by atoms with E-state index in [1.54, 1.807) is 29.2 Å². The Kier molecular flexibility index (Phi) is 5.78. The number of benzene rings is 2. The lowest BCUT2D eigenvalue weighted by molar-refractivity contribution is -0.255. The molecule has 1 amide bonds. The van der Waals surface area contributed by atoms with Gasteiger partial charge in [-0.2, -0.15) is 9.78 Å². The first-order valence-corrected chi connectivity index (χ1v) is 11.3. The van der Waals surface area contributed by atoms with Gasteiger partial charge in [0.1, 0.15) is 36.7 Å². The van der Waals surface area contributed by atoms with Crippen molar-refractivity contribution in [2.24, 2.45) is 0 Å². The first-order chi connectivity index (χ1) is 18.1. The molecule has 0 saturated carbocycles. The first-order valence-electron chi connectivity index (χ1n) is 11.3. The van der Waals surface area contributed by atoms with Crippen LogP contribution in [0.5, 0.6) is 11.8 Å². The number of ether oxygens (including phenoxy) is 3. The van der Waals surface area contributed by atoms with E-state index in [9.17, 15) is 14.7 Å². The van der Waals surface area contributed by atoms with Crippen LogP contribution in [0.15, 0.2) is 61.2 Å². The van der Waals surface area contributed by atoms with E-state index in [4.69, 9.17) is 14.2 Å². The van der Waals surface area contributed by atoms with Crippen LogP contribution in [0.1, 0.15) is 26.8 Å². The minimum absolute atomic E-state index is 0.00602. The predicted octanol–water partition coefficient (Wildman–Crippen LogP) is -0.453. The lowest BCUT2D eigenvalue weighted by Gasteiger charge is -2.19. The molecule has 4 atom stereocenters. The van der Waals surface area contributed by atoms with E-state index >= 15 is 0 Å². The second-order valence-electron chi connectivity index (χ2n) is 8.42. The van der Waals surface area contributed by atoms with Gasteiger partial charge in [0, 0.05) is 11.1 Å². The smallest absolute Gasteiger partial charge is 0.341 e. The molecule has 0 aliphatic carbocycles. The fourth-order valence-corrected chi connectivity index (χ4v) is 4.49. The Hall–Kier alpha value is -4.69. The molecule has 2 aliphatic heterocycles. The maximum absolute atomic E-state index is 12.8. The van der Waals surface area contributed by atoms with E-state index in [2.05, 4.69) is 30.9 Å². The Morgan fingerprint density at radius 1 is 1.03 bits per heavy atom. The summed E-state index contributed by atoms with van der Waals surface area (Å²) < 4.78 is 20.9. The number of carbonyl (C=O) groups excluding carboxylic acids is 2. The fraction of sp³-hybridized carbons (Fsp3) is 0.261. The zero-order valence-electron chi connectivity index (χ0n) is 19.1. The molecule has 37 heavy (non-hydrogen) atoms. The highest BCUT2D eigenvalue weighted by Crippen LogP contribution is 2.36. The van der Waals surface area contributed by atoms with Crippen molar-refractivity contribution in [1.29, 1.82) is 0 Å². The highest BCUT2D eigenvalue weighted by atomic mass is 16.6. The molecule has 2 aliphatic rings. The highest BCUT2D eigenvalue weighted by Gasteiger charge is 2.50. The van der Waals surface area contributed by atoms with Crippen molar-refractivity contribution in [2.45, 2.75) is 24.3 Å². The van der Waals surface area contributed by atoms with E-state index in [1.807, 2.05) is 12.1 Å². The molecule has 2 saturated heterocycles. The van der Waals surface area contributed by atoms with Gasteiger partial charge in [-0.05, 0) is 40.8 Å². The number of aromatic carboxylic acids is 1.